The van der Waals surface area contributed by atoms with E-state index in [2.05, 4.69) is 20.4 Å². The molecule has 1 N–H and O–H groups in total. The summed E-state index contributed by atoms with van der Waals surface area (Å²) in [7, 11) is 1.20. The number of hydrogen-bond donors (Lipinski definition) is 1. The molecule has 0 saturated carbocycles. The summed E-state index contributed by atoms with van der Waals surface area (Å²) in [4.78, 5) is 34.3. The van der Waals surface area contributed by atoms with Gasteiger partial charge in [-0.3, -0.25) is 10.1 Å². The van der Waals surface area contributed by atoms with Crippen molar-refractivity contribution in [3.05, 3.63) is 69.0 Å². The van der Waals surface area contributed by atoms with Crippen LogP contribution in [0.15, 0.2) is 40.9 Å². The van der Waals surface area contributed by atoms with Crippen molar-refractivity contribution in [1.82, 2.24) is 15.1 Å². The van der Waals surface area contributed by atoms with Gasteiger partial charge in [0.25, 0.3) is 5.91 Å². The summed E-state index contributed by atoms with van der Waals surface area (Å²) in [5.74, 6) is -1.51. The first-order chi connectivity index (χ1) is 15.3. The summed E-state index contributed by atoms with van der Waals surface area (Å²) in [6.45, 7) is 3.70. The standard InChI is InChI=1S/C22H16Cl2N4O4/c1-10-11(2)26-16-9-12(7-8-15(16)25-10)20(29)27-21-18(22(30)31-3)19(28-32-21)17-13(23)5-4-6-14(17)24/h4-9H,1-3H3,(H,27,29). The summed E-state index contributed by atoms with van der Waals surface area (Å²) in [5.41, 5.74) is 3.32. The predicted octanol–water partition coefficient (Wildman–Crippen LogP) is 5.25. The van der Waals surface area contributed by atoms with Crippen molar-refractivity contribution in [3.8, 4) is 11.3 Å². The van der Waals surface area contributed by atoms with Gasteiger partial charge in [0.2, 0.25) is 5.88 Å². The molecular formula is C22H16Cl2N4O4. The molecule has 0 radical (unpaired) electrons. The third-order valence-electron chi connectivity index (χ3n) is 4.85. The van der Waals surface area contributed by atoms with Crippen LogP contribution in [0.1, 0.15) is 32.1 Å². The number of aromatic nitrogens is 3. The summed E-state index contributed by atoms with van der Waals surface area (Å²) < 4.78 is 10.1. The number of rotatable bonds is 4. The van der Waals surface area contributed by atoms with Crippen LogP contribution in [0.3, 0.4) is 0 Å². The lowest BCUT2D eigenvalue weighted by Gasteiger charge is -2.07. The van der Waals surface area contributed by atoms with E-state index in [0.717, 1.165) is 11.4 Å². The van der Waals surface area contributed by atoms with Crippen LogP contribution in [-0.4, -0.2) is 34.1 Å². The Morgan fingerprint density at radius 3 is 2.31 bits per heavy atom. The van der Waals surface area contributed by atoms with Crippen molar-refractivity contribution in [2.75, 3.05) is 12.4 Å². The number of nitrogens with zero attached hydrogens (tertiary/aromatic N) is 3. The molecule has 32 heavy (non-hydrogen) atoms. The molecule has 0 saturated heterocycles. The fraction of sp³-hybridized carbons (Fsp3) is 0.136. The number of nitrogens with one attached hydrogen (secondary N) is 1. The van der Waals surface area contributed by atoms with Crippen molar-refractivity contribution in [2.45, 2.75) is 13.8 Å². The van der Waals surface area contributed by atoms with Gasteiger partial charge in [-0.2, -0.15) is 0 Å². The first kappa shape index (κ1) is 21.7. The lowest BCUT2D eigenvalue weighted by molar-refractivity contribution is 0.0602. The van der Waals surface area contributed by atoms with Gasteiger partial charge in [0, 0.05) is 11.1 Å². The second-order valence-electron chi connectivity index (χ2n) is 6.88. The zero-order valence-electron chi connectivity index (χ0n) is 17.2. The van der Waals surface area contributed by atoms with E-state index in [-0.39, 0.29) is 32.8 Å². The Balaban J connectivity index is 1.74. The molecule has 0 aliphatic carbocycles. The van der Waals surface area contributed by atoms with E-state index in [4.69, 9.17) is 32.5 Å². The van der Waals surface area contributed by atoms with Crippen molar-refractivity contribution >= 4 is 52.0 Å². The number of carbonyl (C=O) groups is 2. The highest BCUT2D eigenvalue weighted by Crippen LogP contribution is 2.38. The molecule has 4 aromatic rings. The fourth-order valence-corrected chi connectivity index (χ4v) is 3.69. The van der Waals surface area contributed by atoms with E-state index in [1.165, 1.54) is 7.11 Å². The van der Waals surface area contributed by atoms with Crippen molar-refractivity contribution in [1.29, 1.82) is 0 Å². The molecule has 4 rings (SSSR count). The fourth-order valence-electron chi connectivity index (χ4n) is 3.11. The minimum absolute atomic E-state index is 0.0539. The Morgan fingerprint density at radius 2 is 1.66 bits per heavy atom. The molecule has 10 heteroatoms. The maximum atomic E-state index is 12.9. The lowest BCUT2D eigenvalue weighted by atomic mass is 10.1. The van der Waals surface area contributed by atoms with Crippen LogP contribution < -0.4 is 5.32 Å². The van der Waals surface area contributed by atoms with Crippen LogP contribution >= 0.6 is 23.2 Å². The molecule has 2 aromatic heterocycles. The Hall–Kier alpha value is -3.49. The SMILES string of the molecule is COC(=O)c1c(-c2c(Cl)cccc2Cl)noc1NC(=O)c1ccc2nc(C)c(C)nc2c1. The smallest absolute Gasteiger partial charge is 0.345 e. The van der Waals surface area contributed by atoms with Gasteiger partial charge in [-0.25, -0.2) is 14.8 Å². The van der Waals surface area contributed by atoms with Crippen LogP contribution in [0.25, 0.3) is 22.3 Å². The zero-order chi connectivity index (χ0) is 23.0. The van der Waals surface area contributed by atoms with Crippen molar-refractivity contribution in [3.63, 3.8) is 0 Å². The van der Waals surface area contributed by atoms with Gasteiger partial charge in [0.05, 0.1) is 39.6 Å². The minimum Gasteiger partial charge on any atom is -0.465 e. The van der Waals surface area contributed by atoms with Gasteiger partial charge in [-0.1, -0.05) is 34.4 Å². The number of methoxy groups -OCH3 is 1. The molecular weight excluding hydrogens is 455 g/mol. The number of amides is 1. The second kappa shape index (κ2) is 8.57. The number of ether oxygens (including phenoxy) is 1. The molecule has 0 atom stereocenters. The molecule has 162 valence electrons. The Bertz CT molecular complexity index is 1360. The molecule has 0 bridgehead atoms. The Morgan fingerprint density at radius 1 is 1.00 bits per heavy atom. The Kier molecular flexibility index (Phi) is 5.82. The van der Waals surface area contributed by atoms with E-state index in [0.29, 0.717) is 16.6 Å². The minimum atomic E-state index is -0.775. The molecule has 0 fully saturated rings. The third-order valence-corrected chi connectivity index (χ3v) is 5.48. The van der Waals surface area contributed by atoms with Crippen LogP contribution in [-0.2, 0) is 4.74 Å². The first-order valence-electron chi connectivity index (χ1n) is 9.39. The van der Waals surface area contributed by atoms with E-state index in [1.807, 2.05) is 13.8 Å². The van der Waals surface area contributed by atoms with Crippen LogP contribution in [0, 0.1) is 13.8 Å². The average Bonchev–Trinajstić information content (AvgIpc) is 3.16. The van der Waals surface area contributed by atoms with Crippen molar-refractivity contribution < 1.29 is 18.8 Å². The van der Waals surface area contributed by atoms with Gasteiger partial charge in [-0.05, 0) is 44.2 Å². The highest BCUT2D eigenvalue weighted by Gasteiger charge is 2.29. The summed E-state index contributed by atoms with van der Waals surface area (Å²) >= 11 is 12.5. The summed E-state index contributed by atoms with van der Waals surface area (Å²) in [6.07, 6.45) is 0. The molecule has 0 spiro atoms. The van der Waals surface area contributed by atoms with E-state index in [1.54, 1.807) is 36.4 Å². The van der Waals surface area contributed by atoms with Crippen molar-refractivity contribution in [2.24, 2.45) is 0 Å². The van der Waals surface area contributed by atoms with E-state index >= 15 is 0 Å². The highest BCUT2D eigenvalue weighted by atomic mass is 35.5. The van der Waals surface area contributed by atoms with Gasteiger partial charge in [0.15, 0.2) is 5.56 Å². The van der Waals surface area contributed by atoms with Crippen LogP contribution in [0.5, 0.6) is 0 Å². The monoisotopic (exact) mass is 470 g/mol. The third kappa shape index (κ3) is 3.90. The predicted molar refractivity (Wildman–Crippen MR) is 120 cm³/mol. The molecule has 0 aliphatic rings. The zero-order valence-corrected chi connectivity index (χ0v) is 18.7. The quantitative estimate of drug-likeness (QED) is 0.405. The largest absolute Gasteiger partial charge is 0.465 e. The maximum Gasteiger partial charge on any atom is 0.345 e. The average molecular weight is 471 g/mol. The normalized spacial score (nSPS) is 10.9. The molecule has 2 heterocycles. The summed E-state index contributed by atoms with van der Waals surface area (Å²) in [5, 5.41) is 6.99. The van der Waals surface area contributed by atoms with Crippen LogP contribution in [0.2, 0.25) is 10.0 Å². The first-order valence-corrected chi connectivity index (χ1v) is 10.1. The highest BCUT2D eigenvalue weighted by molar-refractivity contribution is 6.39. The number of hydrogen-bond acceptors (Lipinski definition) is 7. The van der Waals surface area contributed by atoms with Gasteiger partial charge < -0.3 is 9.26 Å². The van der Waals surface area contributed by atoms with Crippen LogP contribution in [0.4, 0.5) is 5.88 Å². The summed E-state index contributed by atoms with van der Waals surface area (Å²) in [6, 6.07) is 9.74. The number of anilines is 1. The van der Waals surface area contributed by atoms with Gasteiger partial charge in [-0.15, -0.1) is 0 Å². The number of esters is 1. The number of halogens is 2. The van der Waals surface area contributed by atoms with E-state index < -0.39 is 11.9 Å². The van der Waals surface area contributed by atoms with E-state index in [9.17, 15) is 9.59 Å². The maximum absolute atomic E-state index is 12.9. The number of benzene rings is 2. The second-order valence-corrected chi connectivity index (χ2v) is 7.69. The topological polar surface area (TPSA) is 107 Å². The Labute approximate surface area is 192 Å². The molecule has 0 aliphatic heterocycles. The number of fused-ring (bicyclic) bond motifs is 1. The number of aryl methyl sites for hydroxylation is 2. The lowest BCUT2D eigenvalue weighted by Crippen LogP contribution is -2.15. The van der Waals surface area contributed by atoms with Gasteiger partial charge >= 0.3 is 5.97 Å². The van der Waals surface area contributed by atoms with Gasteiger partial charge in [0.1, 0.15) is 5.69 Å². The number of carbonyl (C=O) groups excluding carboxylic acids is 2. The molecule has 8 nitrogen and oxygen atoms in total. The molecule has 1 amide bonds. The molecule has 2 aromatic carbocycles. The molecule has 0 unspecified atom stereocenters.